The number of fused-ring (bicyclic) bond motifs is 1. The molecule has 100 valence electrons. The first-order chi connectivity index (χ1) is 9.13. The largest absolute Gasteiger partial charge is 0.451 e. The van der Waals surface area contributed by atoms with Gasteiger partial charge in [-0.15, -0.1) is 0 Å². The maximum absolute atomic E-state index is 12.1. The third-order valence-electron chi connectivity index (χ3n) is 2.89. The number of rotatable bonds is 4. The lowest BCUT2D eigenvalue weighted by molar-refractivity contribution is 0.0766. The van der Waals surface area contributed by atoms with Crippen LogP contribution in [0.2, 0.25) is 0 Å². The Kier molecular flexibility index (Phi) is 3.97. The van der Waals surface area contributed by atoms with E-state index >= 15 is 0 Å². The molecule has 1 N–H and O–H groups in total. The van der Waals surface area contributed by atoms with Gasteiger partial charge in [0.2, 0.25) is 0 Å². The Balaban J connectivity index is 2.35. The van der Waals surface area contributed by atoms with Crippen molar-refractivity contribution in [1.82, 2.24) is 10.2 Å². The highest BCUT2D eigenvalue weighted by atomic mass is 16.3. The minimum absolute atomic E-state index is 0.0716. The van der Waals surface area contributed by atoms with Crippen molar-refractivity contribution in [2.45, 2.75) is 0 Å². The Morgan fingerprint density at radius 2 is 2.11 bits per heavy atom. The number of para-hydroxylation sites is 1. The number of carbonyl (C=O) groups excluding carboxylic acids is 1. The molecular weight excluding hydrogens is 244 g/mol. The van der Waals surface area contributed by atoms with Crippen LogP contribution in [-0.2, 0) is 0 Å². The number of likely N-dealkylation sites (N-methyl/N-ethyl adjacent to an activating group) is 2. The van der Waals surface area contributed by atoms with E-state index in [0.717, 1.165) is 0 Å². The van der Waals surface area contributed by atoms with Crippen LogP contribution in [0.5, 0.6) is 0 Å². The van der Waals surface area contributed by atoms with Gasteiger partial charge in [-0.1, -0.05) is 12.1 Å². The molecule has 0 radical (unpaired) electrons. The summed E-state index contributed by atoms with van der Waals surface area (Å²) in [5.41, 5.74) is 0.229. The summed E-state index contributed by atoms with van der Waals surface area (Å²) in [5.74, 6) is -0.222. The van der Waals surface area contributed by atoms with E-state index in [9.17, 15) is 9.59 Å². The molecule has 0 spiro atoms. The van der Waals surface area contributed by atoms with Crippen molar-refractivity contribution >= 4 is 16.9 Å². The fourth-order valence-electron chi connectivity index (χ4n) is 1.78. The summed E-state index contributed by atoms with van der Waals surface area (Å²) in [5, 5.41) is 3.44. The Hall–Kier alpha value is -2.14. The Morgan fingerprint density at radius 1 is 1.37 bits per heavy atom. The quantitative estimate of drug-likeness (QED) is 0.893. The van der Waals surface area contributed by atoms with Crippen LogP contribution in [0.4, 0.5) is 0 Å². The summed E-state index contributed by atoms with van der Waals surface area (Å²) in [6, 6.07) is 8.14. The molecule has 0 saturated heterocycles. The molecule has 0 unspecified atom stereocenters. The number of nitrogens with one attached hydrogen (secondary N) is 1. The molecule has 19 heavy (non-hydrogen) atoms. The Morgan fingerprint density at radius 3 is 2.84 bits per heavy atom. The van der Waals surface area contributed by atoms with Gasteiger partial charge >= 0.3 is 0 Å². The highest BCUT2D eigenvalue weighted by molar-refractivity contribution is 5.93. The molecule has 0 aliphatic carbocycles. The lowest BCUT2D eigenvalue weighted by Crippen LogP contribution is -2.33. The lowest BCUT2D eigenvalue weighted by Gasteiger charge is -2.16. The van der Waals surface area contributed by atoms with Crippen molar-refractivity contribution in [2.24, 2.45) is 0 Å². The molecule has 1 aromatic heterocycles. The van der Waals surface area contributed by atoms with Crippen LogP contribution in [0.3, 0.4) is 0 Å². The van der Waals surface area contributed by atoms with Crippen LogP contribution in [0, 0.1) is 0 Å². The van der Waals surface area contributed by atoms with Crippen LogP contribution in [-0.4, -0.2) is 38.0 Å². The number of hydrogen-bond acceptors (Lipinski definition) is 4. The van der Waals surface area contributed by atoms with E-state index in [2.05, 4.69) is 5.32 Å². The van der Waals surface area contributed by atoms with E-state index in [4.69, 9.17) is 4.42 Å². The minimum atomic E-state index is -0.293. The average molecular weight is 260 g/mol. The summed E-state index contributed by atoms with van der Waals surface area (Å²) in [6.45, 7) is 1.23. The van der Waals surface area contributed by atoms with Crippen LogP contribution in [0.1, 0.15) is 10.6 Å². The third-order valence-corrected chi connectivity index (χ3v) is 2.89. The van der Waals surface area contributed by atoms with Crippen molar-refractivity contribution in [1.29, 1.82) is 0 Å². The summed E-state index contributed by atoms with van der Waals surface area (Å²) in [4.78, 5) is 25.5. The van der Waals surface area contributed by atoms with E-state index in [1.807, 2.05) is 7.05 Å². The molecule has 0 saturated carbocycles. The van der Waals surface area contributed by atoms with Crippen LogP contribution in [0.15, 0.2) is 39.5 Å². The first-order valence-electron chi connectivity index (χ1n) is 6.06. The molecule has 5 nitrogen and oxygen atoms in total. The van der Waals surface area contributed by atoms with Gasteiger partial charge in [0.05, 0.1) is 5.39 Å². The first kappa shape index (κ1) is 13.3. The van der Waals surface area contributed by atoms with Crippen molar-refractivity contribution in [2.75, 3.05) is 27.2 Å². The fraction of sp³-hybridized carbons (Fsp3) is 0.286. The van der Waals surface area contributed by atoms with Gasteiger partial charge in [-0.25, -0.2) is 0 Å². The normalized spacial score (nSPS) is 10.6. The average Bonchev–Trinajstić information content (AvgIpc) is 2.43. The predicted octanol–water partition coefficient (Wildman–Crippen LogP) is 1.08. The summed E-state index contributed by atoms with van der Waals surface area (Å²) < 4.78 is 5.49. The molecule has 1 amide bonds. The first-order valence-corrected chi connectivity index (χ1v) is 6.06. The van der Waals surface area contributed by atoms with E-state index in [1.54, 1.807) is 31.3 Å². The highest BCUT2D eigenvalue weighted by Gasteiger charge is 2.15. The Labute approximate surface area is 110 Å². The van der Waals surface area contributed by atoms with Gasteiger partial charge in [-0.2, -0.15) is 0 Å². The van der Waals surface area contributed by atoms with E-state index in [0.29, 0.717) is 24.1 Å². The van der Waals surface area contributed by atoms with Gasteiger partial charge in [0.1, 0.15) is 5.58 Å². The molecule has 5 heteroatoms. The molecule has 0 aliphatic heterocycles. The maximum Gasteiger partial charge on any atom is 0.289 e. The second-order valence-electron chi connectivity index (χ2n) is 4.30. The highest BCUT2D eigenvalue weighted by Crippen LogP contribution is 2.12. The smallest absolute Gasteiger partial charge is 0.289 e. The summed E-state index contributed by atoms with van der Waals surface area (Å²) in [7, 11) is 3.49. The third kappa shape index (κ3) is 2.82. The van der Waals surface area contributed by atoms with E-state index in [-0.39, 0.29) is 17.1 Å². The van der Waals surface area contributed by atoms with Crippen LogP contribution < -0.4 is 10.7 Å². The van der Waals surface area contributed by atoms with Gasteiger partial charge in [0, 0.05) is 26.2 Å². The molecule has 2 rings (SSSR count). The van der Waals surface area contributed by atoms with E-state index < -0.39 is 0 Å². The molecule has 0 aliphatic rings. The van der Waals surface area contributed by atoms with Gasteiger partial charge in [-0.3, -0.25) is 9.59 Å². The van der Waals surface area contributed by atoms with E-state index in [1.165, 1.54) is 11.0 Å². The minimum Gasteiger partial charge on any atom is -0.451 e. The standard InChI is InChI=1S/C14H16N2O3/c1-15-7-8-16(2)14(18)13-9-11(17)10-5-3-4-6-12(10)19-13/h3-6,9,15H,7-8H2,1-2H3. The number of carbonyl (C=O) groups is 1. The molecule has 0 atom stereocenters. The lowest BCUT2D eigenvalue weighted by atomic mass is 10.2. The van der Waals surface area contributed by atoms with Gasteiger partial charge in [-0.05, 0) is 19.2 Å². The molecular formula is C14H16N2O3. The van der Waals surface area contributed by atoms with Crippen molar-refractivity contribution in [3.8, 4) is 0 Å². The molecule has 0 fully saturated rings. The number of nitrogens with zero attached hydrogens (tertiary/aromatic N) is 1. The second kappa shape index (κ2) is 5.67. The zero-order valence-corrected chi connectivity index (χ0v) is 11.0. The zero-order chi connectivity index (χ0) is 13.8. The fourth-order valence-corrected chi connectivity index (χ4v) is 1.78. The van der Waals surface area contributed by atoms with Crippen molar-refractivity contribution in [3.05, 3.63) is 46.3 Å². The topological polar surface area (TPSA) is 62.6 Å². The summed E-state index contributed by atoms with van der Waals surface area (Å²) in [6.07, 6.45) is 0. The van der Waals surface area contributed by atoms with Gasteiger partial charge < -0.3 is 14.6 Å². The van der Waals surface area contributed by atoms with Gasteiger partial charge in [0.25, 0.3) is 5.91 Å². The number of amides is 1. The monoisotopic (exact) mass is 260 g/mol. The number of hydrogen-bond donors (Lipinski definition) is 1. The molecule has 1 heterocycles. The molecule has 2 aromatic rings. The predicted molar refractivity (Wildman–Crippen MR) is 73.4 cm³/mol. The maximum atomic E-state index is 12.1. The van der Waals surface area contributed by atoms with Gasteiger partial charge in [0.15, 0.2) is 11.2 Å². The van der Waals surface area contributed by atoms with Crippen LogP contribution >= 0.6 is 0 Å². The second-order valence-corrected chi connectivity index (χ2v) is 4.30. The Bertz CT molecular complexity index is 648. The van der Waals surface area contributed by atoms with Crippen LogP contribution in [0.25, 0.3) is 11.0 Å². The molecule has 1 aromatic carbocycles. The summed E-state index contributed by atoms with van der Waals surface area (Å²) >= 11 is 0. The van der Waals surface area contributed by atoms with Crippen molar-refractivity contribution in [3.63, 3.8) is 0 Å². The molecule has 0 bridgehead atoms. The van der Waals surface area contributed by atoms with Crippen molar-refractivity contribution < 1.29 is 9.21 Å². The zero-order valence-electron chi connectivity index (χ0n) is 11.0. The number of benzene rings is 1. The SMILES string of the molecule is CNCCN(C)C(=O)c1cc(=O)c2ccccc2o1.